The molecule has 6 nitrogen and oxygen atoms in total. The van der Waals surface area contributed by atoms with E-state index in [-0.39, 0.29) is 12.0 Å². The number of benzene rings is 1. The maximum Gasteiger partial charge on any atom is 0.230 e. The first-order valence-corrected chi connectivity index (χ1v) is 8.27. The van der Waals surface area contributed by atoms with E-state index in [9.17, 15) is 0 Å². The molecule has 1 saturated heterocycles. The van der Waals surface area contributed by atoms with Crippen LogP contribution in [0, 0.1) is 0 Å². The van der Waals surface area contributed by atoms with Crippen molar-refractivity contribution in [1.29, 1.82) is 0 Å². The highest BCUT2D eigenvalue weighted by Gasteiger charge is 2.26. The standard InChI is InChI=1S/C18H20N4O2/c1-11-9-12(7-8-23-11)18-21-17(22-24-18)14-10-16(19-2)20-15-6-4-3-5-13(14)15/h3-6,10-12H,7-9H2,1-2H3,(H,19,20). The Balaban J connectivity index is 1.75. The normalized spacial score (nSPS) is 21.1. The minimum atomic E-state index is 0.233. The number of rotatable bonds is 3. The van der Waals surface area contributed by atoms with Gasteiger partial charge in [-0.2, -0.15) is 4.98 Å². The van der Waals surface area contributed by atoms with Crippen molar-refractivity contribution in [1.82, 2.24) is 15.1 Å². The third-order valence-electron chi connectivity index (χ3n) is 4.49. The Labute approximate surface area is 140 Å². The monoisotopic (exact) mass is 324 g/mol. The van der Waals surface area contributed by atoms with Gasteiger partial charge in [-0.05, 0) is 31.9 Å². The van der Waals surface area contributed by atoms with Crippen LogP contribution in [0.4, 0.5) is 5.82 Å². The highest BCUT2D eigenvalue weighted by Crippen LogP contribution is 2.32. The smallest absolute Gasteiger partial charge is 0.230 e. The molecule has 2 unspecified atom stereocenters. The first-order chi connectivity index (χ1) is 11.7. The van der Waals surface area contributed by atoms with E-state index in [4.69, 9.17) is 9.26 Å². The molecule has 1 N–H and O–H groups in total. The third-order valence-corrected chi connectivity index (χ3v) is 4.49. The summed E-state index contributed by atoms with van der Waals surface area (Å²) in [5, 5.41) is 8.34. The summed E-state index contributed by atoms with van der Waals surface area (Å²) < 4.78 is 11.2. The summed E-state index contributed by atoms with van der Waals surface area (Å²) in [6.45, 7) is 2.82. The van der Waals surface area contributed by atoms with E-state index in [2.05, 4.69) is 27.4 Å². The van der Waals surface area contributed by atoms with Crippen LogP contribution in [-0.4, -0.2) is 34.9 Å². The Morgan fingerprint density at radius 3 is 2.92 bits per heavy atom. The zero-order valence-electron chi connectivity index (χ0n) is 13.8. The van der Waals surface area contributed by atoms with Gasteiger partial charge in [-0.1, -0.05) is 23.4 Å². The fourth-order valence-corrected chi connectivity index (χ4v) is 3.22. The molecule has 6 heteroatoms. The van der Waals surface area contributed by atoms with Gasteiger partial charge in [0.25, 0.3) is 0 Å². The molecule has 24 heavy (non-hydrogen) atoms. The number of hydrogen-bond acceptors (Lipinski definition) is 6. The molecular weight excluding hydrogens is 304 g/mol. The molecule has 1 aliphatic heterocycles. The van der Waals surface area contributed by atoms with Crippen molar-refractivity contribution in [3.63, 3.8) is 0 Å². The molecule has 124 valence electrons. The van der Waals surface area contributed by atoms with Gasteiger partial charge in [0, 0.05) is 30.5 Å². The predicted molar refractivity (Wildman–Crippen MR) is 92.0 cm³/mol. The molecule has 0 bridgehead atoms. The summed E-state index contributed by atoms with van der Waals surface area (Å²) in [4.78, 5) is 9.25. The maximum absolute atomic E-state index is 5.60. The molecule has 4 rings (SSSR count). The molecule has 1 fully saturated rings. The van der Waals surface area contributed by atoms with E-state index in [0.29, 0.717) is 11.7 Å². The summed E-state index contributed by atoms with van der Waals surface area (Å²) in [5.74, 6) is 2.37. The van der Waals surface area contributed by atoms with Gasteiger partial charge in [0.2, 0.25) is 11.7 Å². The van der Waals surface area contributed by atoms with Crippen LogP contribution < -0.4 is 5.32 Å². The third kappa shape index (κ3) is 2.73. The number of nitrogens with one attached hydrogen (secondary N) is 1. The Bertz CT molecular complexity index is 861. The zero-order chi connectivity index (χ0) is 16.5. The number of aromatic nitrogens is 3. The van der Waals surface area contributed by atoms with Gasteiger partial charge in [0.05, 0.1) is 11.6 Å². The van der Waals surface area contributed by atoms with Crippen LogP contribution in [0.1, 0.15) is 31.6 Å². The number of anilines is 1. The number of para-hydroxylation sites is 1. The SMILES string of the molecule is CNc1cc(-c2noc(C3CCOC(C)C3)n2)c2ccccc2n1. The number of hydrogen-bond donors (Lipinski definition) is 1. The molecular formula is C18H20N4O2. The van der Waals surface area contributed by atoms with Crippen LogP contribution in [0.15, 0.2) is 34.9 Å². The Kier molecular flexibility index (Phi) is 3.90. The van der Waals surface area contributed by atoms with Crippen molar-refractivity contribution in [2.45, 2.75) is 31.8 Å². The van der Waals surface area contributed by atoms with Gasteiger partial charge < -0.3 is 14.6 Å². The van der Waals surface area contributed by atoms with E-state index in [1.807, 2.05) is 37.4 Å². The fraction of sp³-hybridized carbons (Fsp3) is 0.389. The largest absolute Gasteiger partial charge is 0.378 e. The molecule has 2 aromatic heterocycles. The molecule has 0 amide bonds. The molecule has 3 aromatic rings. The van der Waals surface area contributed by atoms with Gasteiger partial charge in [0.1, 0.15) is 5.82 Å². The summed E-state index contributed by atoms with van der Waals surface area (Å²) in [6.07, 6.45) is 2.07. The average Bonchev–Trinajstić information content (AvgIpc) is 3.10. The van der Waals surface area contributed by atoms with Crippen LogP contribution in [0.25, 0.3) is 22.3 Å². The Hall–Kier alpha value is -2.47. The van der Waals surface area contributed by atoms with Crippen LogP contribution in [0.3, 0.4) is 0 Å². The molecule has 0 saturated carbocycles. The van der Waals surface area contributed by atoms with E-state index < -0.39 is 0 Å². The minimum absolute atomic E-state index is 0.233. The lowest BCUT2D eigenvalue weighted by atomic mass is 9.96. The lowest BCUT2D eigenvalue weighted by Gasteiger charge is -2.24. The summed E-state index contributed by atoms with van der Waals surface area (Å²) >= 11 is 0. The van der Waals surface area contributed by atoms with Crippen molar-refractivity contribution in [2.24, 2.45) is 0 Å². The predicted octanol–water partition coefficient (Wildman–Crippen LogP) is 3.61. The molecule has 0 aliphatic carbocycles. The Morgan fingerprint density at radius 1 is 1.21 bits per heavy atom. The zero-order valence-corrected chi connectivity index (χ0v) is 13.8. The second-order valence-electron chi connectivity index (χ2n) is 6.18. The second kappa shape index (κ2) is 6.20. The quantitative estimate of drug-likeness (QED) is 0.793. The molecule has 1 aromatic carbocycles. The molecule has 0 spiro atoms. The van der Waals surface area contributed by atoms with Crippen LogP contribution >= 0.6 is 0 Å². The molecule has 1 aliphatic rings. The second-order valence-corrected chi connectivity index (χ2v) is 6.18. The van der Waals surface area contributed by atoms with Gasteiger partial charge in [-0.3, -0.25) is 0 Å². The van der Waals surface area contributed by atoms with Gasteiger partial charge in [0.15, 0.2) is 0 Å². The van der Waals surface area contributed by atoms with Gasteiger partial charge in [-0.25, -0.2) is 4.98 Å². The maximum atomic E-state index is 5.60. The number of ether oxygens (including phenoxy) is 1. The van der Waals surface area contributed by atoms with Crippen molar-refractivity contribution in [3.05, 3.63) is 36.2 Å². The summed E-state index contributed by atoms with van der Waals surface area (Å²) in [5.41, 5.74) is 1.84. The molecule has 2 atom stereocenters. The fourth-order valence-electron chi connectivity index (χ4n) is 3.22. The number of fused-ring (bicyclic) bond motifs is 1. The topological polar surface area (TPSA) is 73.1 Å². The highest BCUT2D eigenvalue weighted by molar-refractivity contribution is 5.94. The van der Waals surface area contributed by atoms with Crippen molar-refractivity contribution < 1.29 is 9.26 Å². The molecule has 0 radical (unpaired) electrons. The lowest BCUT2D eigenvalue weighted by molar-refractivity contribution is 0.0134. The van der Waals surface area contributed by atoms with E-state index in [1.165, 1.54) is 0 Å². The highest BCUT2D eigenvalue weighted by atomic mass is 16.5. The Morgan fingerprint density at radius 2 is 2.08 bits per heavy atom. The first kappa shape index (κ1) is 15.1. The average molecular weight is 324 g/mol. The number of nitrogens with zero attached hydrogens (tertiary/aromatic N) is 3. The summed E-state index contributed by atoms with van der Waals surface area (Å²) in [6, 6.07) is 9.95. The van der Waals surface area contributed by atoms with Gasteiger partial charge >= 0.3 is 0 Å². The minimum Gasteiger partial charge on any atom is -0.378 e. The summed E-state index contributed by atoms with van der Waals surface area (Å²) in [7, 11) is 1.85. The van der Waals surface area contributed by atoms with Crippen molar-refractivity contribution >= 4 is 16.7 Å². The van der Waals surface area contributed by atoms with Crippen LogP contribution in [-0.2, 0) is 4.74 Å². The van der Waals surface area contributed by atoms with Gasteiger partial charge in [-0.15, -0.1) is 0 Å². The van der Waals surface area contributed by atoms with E-state index in [0.717, 1.165) is 41.7 Å². The van der Waals surface area contributed by atoms with E-state index in [1.54, 1.807) is 0 Å². The van der Waals surface area contributed by atoms with Crippen LogP contribution in [0.5, 0.6) is 0 Å². The van der Waals surface area contributed by atoms with Crippen LogP contribution in [0.2, 0.25) is 0 Å². The number of pyridine rings is 1. The lowest BCUT2D eigenvalue weighted by Crippen LogP contribution is -2.21. The van der Waals surface area contributed by atoms with E-state index >= 15 is 0 Å². The van der Waals surface area contributed by atoms with Crippen molar-refractivity contribution in [2.75, 3.05) is 19.0 Å². The molecule has 3 heterocycles. The van der Waals surface area contributed by atoms with Crippen molar-refractivity contribution in [3.8, 4) is 11.4 Å². The first-order valence-electron chi connectivity index (χ1n) is 8.27.